The molecule has 1 spiro atoms. The molecule has 5 heteroatoms. The lowest BCUT2D eigenvalue weighted by atomic mass is 9.82. The Balaban J connectivity index is 1.44. The Bertz CT molecular complexity index is 842. The Morgan fingerprint density at radius 2 is 1.82 bits per heavy atom. The summed E-state index contributed by atoms with van der Waals surface area (Å²) in [5.74, 6) is -1.20. The minimum Gasteiger partial charge on any atom is -0.481 e. The van der Waals surface area contributed by atoms with E-state index < -0.39 is 11.9 Å². The molecule has 1 fully saturated rings. The van der Waals surface area contributed by atoms with Gasteiger partial charge in [-0.15, -0.1) is 0 Å². The van der Waals surface area contributed by atoms with E-state index in [2.05, 4.69) is 48.0 Å². The number of nitrogens with zero attached hydrogens (tertiary/aromatic N) is 2. The number of carbonyl (C=O) groups is 1. The largest absolute Gasteiger partial charge is 0.481 e. The van der Waals surface area contributed by atoms with Gasteiger partial charge in [0.05, 0.1) is 17.1 Å². The van der Waals surface area contributed by atoms with Crippen molar-refractivity contribution < 1.29 is 14.6 Å². The Hall–Kier alpha value is -2.24. The lowest BCUT2D eigenvalue weighted by molar-refractivity contribution is -0.153. The number of fused-ring (bicyclic) bond motifs is 2. The molecule has 28 heavy (non-hydrogen) atoms. The minimum atomic E-state index is -0.755. The van der Waals surface area contributed by atoms with Gasteiger partial charge in [0, 0.05) is 37.9 Å². The topological polar surface area (TPSA) is 62.7 Å². The van der Waals surface area contributed by atoms with Crippen molar-refractivity contribution in [3.05, 3.63) is 65.5 Å². The summed E-state index contributed by atoms with van der Waals surface area (Å²) < 4.78 is 6.59. The summed E-state index contributed by atoms with van der Waals surface area (Å²) in [4.78, 5) is 18.4. The predicted octanol–water partition coefficient (Wildman–Crippen LogP) is 3.58. The molecule has 148 valence electrons. The standard InChI is InChI=1S/C23H28N2O3/c1-22(2)19-8-3-4-9-20(19)23(28-22)10-13-25(14-11-23)16-17(21(26)27)15-18-7-5-6-12-24-18/h3-9,12,17H,10-11,13-16H2,1-2H3,(H,26,27). The van der Waals surface area contributed by atoms with Crippen molar-refractivity contribution in [2.75, 3.05) is 19.6 Å². The number of aromatic nitrogens is 1. The van der Waals surface area contributed by atoms with Gasteiger partial charge in [-0.25, -0.2) is 0 Å². The van der Waals surface area contributed by atoms with E-state index in [1.807, 2.05) is 18.2 Å². The summed E-state index contributed by atoms with van der Waals surface area (Å²) >= 11 is 0. The highest BCUT2D eigenvalue weighted by Gasteiger charge is 2.49. The van der Waals surface area contributed by atoms with E-state index in [-0.39, 0.29) is 11.2 Å². The molecule has 2 aliphatic heterocycles. The van der Waals surface area contributed by atoms with Crippen LogP contribution < -0.4 is 0 Å². The molecule has 1 aromatic heterocycles. The van der Waals surface area contributed by atoms with Gasteiger partial charge >= 0.3 is 5.97 Å². The maximum Gasteiger partial charge on any atom is 0.308 e. The zero-order chi connectivity index (χ0) is 19.8. The summed E-state index contributed by atoms with van der Waals surface area (Å²) in [5.41, 5.74) is 2.90. The van der Waals surface area contributed by atoms with Gasteiger partial charge in [0.25, 0.3) is 0 Å². The summed E-state index contributed by atoms with van der Waals surface area (Å²) in [7, 11) is 0. The predicted molar refractivity (Wildman–Crippen MR) is 107 cm³/mol. The highest BCUT2D eigenvalue weighted by molar-refractivity contribution is 5.70. The van der Waals surface area contributed by atoms with Gasteiger partial charge in [0.15, 0.2) is 0 Å². The number of hydrogen-bond acceptors (Lipinski definition) is 4. The van der Waals surface area contributed by atoms with Gasteiger partial charge in [-0.05, 0) is 49.9 Å². The van der Waals surface area contributed by atoms with Gasteiger partial charge < -0.3 is 14.7 Å². The van der Waals surface area contributed by atoms with Crippen molar-refractivity contribution in [3.63, 3.8) is 0 Å². The molecule has 5 nitrogen and oxygen atoms in total. The first-order valence-electron chi connectivity index (χ1n) is 10.0. The van der Waals surface area contributed by atoms with E-state index in [0.717, 1.165) is 31.6 Å². The fourth-order valence-corrected chi connectivity index (χ4v) is 4.78. The molecule has 0 bridgehead atoms. The van der Waals surface area contributed by atoms with Crippen LogP contribution in [0.4, 0.5) is 0 Å². The average Bonchev–Trinajstić information content (AvgIpc) is 2.91. The van der Waals surface area contributed by atoms with Gasteiger partial charge in [0.1, 0.15) is 0 Å². The number of rotatable bonds is 5. The first-order valence-corrected chi connectivity index (χ1v) is 10.0. The molecule has 4 rings (SSSR count). The number of carboxylic acid groups (broad SMARTS) is 1. The lowest BCUT2D eigenvalue weighted by Gasteiger charge is -2.41. The molecule has 1 saturated heterocycles. The van der Waals surface area contributed by atoms with E-state index in [1.54, 1.807) is 6.20 Å². The number of piperidine rings is 1. The molecule has 0 radical (unpaired) electrons. The highest BCUT2D eigenvalue weighted by atomic mass is 16.5. The molecule has 1 unspecified atom stereocenters. The molecule has 1 aromatic carbocycles. The van der Waals surface area contributed by atoms with Crippen molar-refractivity contribution in [1.29, 1.82) is 0 Å². The van der Waals surface area contributed by atoms with E-state index in [4.69, 9.17) is 4.74 Å². The quantitative estimate of drug-likeness (QED) is 0.859. The summed E-state index contributed by atoms with van der Waals surface area (Å²) in [5, 5.41) is 9.69. The van der Waals surface area contributed by atoms with Gasteiger partial charge in [-0.1, -0.05) is 30.3 Å². The van der Waals surface area contributed by atoms with E-state index in [1.165, 1.54) is 11.1 Å². The Morgan fingerprint density at radius 3 is 2.46 bits per heavy atom. The lowest BCUT2D eigenvalue weighted by Crippen LogP contribution is -2.46. The molecule has 1 N–H and O–H groups in total. The van der Waals surface area contributed by atoms with Gasteiger partial charge in [0.2, 0.25) is 0 Å². The molecule has 1 atom stereocenters. The number of pyridine rings is 1. The fraction of sp³-hybridized carbons (Fsp3) is 0.478. The minimum absolute atomic E-state index is 0.240. The van der Waals surface area contributed by atoms with Crippen LogP contribution in [-0.4, -0.2) is 40.6 Å². The van der Waals surface area contributed by atoms with Gasteiger partial charge in [-0.2, -0.15) is 0 Å². The van der Waals surface area contributed by atoms with Crippen molar-refractivity contribution in [2.24, 2.45) is 5.92 Å². The normalized spacial score (nSPS) is 21.4. The van der Waals surface area contributed by atoms with E-state index in [9.17, 15) is 9.90 Å². The maximum atomic E-state index is 11.8. The highest BCUT2D eigenvalue weighted by Crippen LogP contribution is 2.51. The second-order valence-corrected chi connectivity index (χ2v) is 8.51. The second kappa shape index (κ2) is 7.30. The first kappa shape index (κ1) is 19.1. The summed E-state index contributed by atoms with van der Waals surface area (Å²) in [6, 6.07) is 14.2. The molecular weight excluding hydrogens is 352 g/mol. The molecule has 3 heterocycles. The van der Waals surface area contributed by atoms with Crippen LogP contribution in [-0.2, 0) is 27.2 Å². The van der Waals surface area contributed by atoms with Crippen LogP contribution in [0.25, 0.3) is 0 Å². The number of carboxylic acids is 1. The van der Waals surface area contributed by atoms with E-state index >= 15 is 0 Å². The van der Waals surface area contributed by atoms with Crippen LogP contribution in [0.3, 0.4) is 0 Å². The number of likely N-dealkylation sites (tertiary alicyclic amines) is 1. The summed E-state index contributed by atoms with van der Waals surface area (Å²) in [6.07, 6.45) is 3.96. The molecule has 2 aromatic rings. The third-order valence-corrected chi connectivity index (χ3v) is 6.19. The van der Waals surface area contributed by atoms with Crippen LogP contribution in [0.2, 0.25) is 0 Å². The number of hydrogen-bond donors (Lipinski definition) is 1. The monoisotopic (exact) mass is 380 g/mol. The van der Waals surface area contributed by atoms with Crippen molar-refractivity contribution in [3.8, 4) is 0 Å². The van der Waals surface area contributed by atoms with Crippen LogP contribution >= 0.6 is 0 Å². The maximum absolute atomic E-state index is 11.8. The Labute approximate surface area is 166 Å². The smallest absolute Gasteiger partial charge is 0.308 e. The fourth-order valence-electron chi connectivity index (χ4n) is 4.78. The zero-order valence-electron chi connectivity index (χ0n) is 16.6. The van der Waals surface area contributed by atoms with E-state index in [0.29, 0.717) is 13.0 Å². The summed E-state index contributed by atoms with van der Waals surface area (Å²) in [6.45, 7) is 6.51. The third kappa shape index (κ3) is 3.56. The zero-order valence-corrected chi connectivity index (χ0v) is 16.6. The first-order chi connectivity index (χ1) is 13.4. The molecular formula is C23H28N2O3. The molecule has 0 saturated carbocycles. The molecule has 0 amide bonds. The van der Waals surface area contributed by atoms with Crippen molar-refractivity contribution >= 4 is 5.97 Å². The number of ether oxygens (including phenoxy) is 1. The average molecular weight is 380 g/mol. The van der Waals surface area contributed by atoms with Gasteiger partial charge in [-0.3, -0.25) is 9.78 Å². The van der Waals surface area contributed by atoms with Crippen LogP contribution in [0.15, 0.2) is 48.7 Å². The Morgan fingerprint density at radius 1 is 1.14 bits per heavy atom. The van der Waals surface area contributed by atoms with Crippen LogP contribution in [0.5, 0.6) is 0 Å². The third-order valence-electron chi connectivity index (χ3n) is 6.19. The van der Waals surface area contributed by atoms with Crippen molar-refractivity contribution in [1.82, 2.24) is 9.88 Å². The van der Waals surface area contributed by atoms with Crippen LogP contribution in [0, 0.1) is 5.92 Å². The second-order valence-electron chi connectivity index (χ2n) is 8.51. The Kier molecular flexibility index (Phi) is 4.98. The number of benzene rings is 1. The molecule has 2 aliphatic rings. The number of aliphatic carboxylic acids is 1. The SMILES string of the molecule is CC1(C)OC2(CCN(CC(Cc3ccccn3)C(=O)O)CC2)c2ccccc21. The van der Waals surface area contributed by atoms with Crippen molar-refractivity contribution in [2.45, 2.75) is 44.3 Å². The molecule has 0 aliphatic carbocycles. The van der Waals surface area contributed by atoms with Crippen LogP contribution in [0.1, 0.15) is 43.5 Å².